The minimum atomic E-state index is -0.343. The zero-order valence-electron chi connectivity index (χ0n) is 21.9. The van der Waals surface area contributed by atoms with E-state index in [-0.39, 0.29) is 23.0 Å². The van der Waals surface area contributed by atoms with Gasteiger partial charge in [-0.3, -0.25) is 10.1 Å². The second kappa shape index (κ2) is 11.1. The van der Waals surface area contributed by atoms with Gasteiger partial charge in [0.05, 0.1) is 0 Å². The van der Waals surface area contributed by atoms with Gasteiger partial charge in [-0.2, -0.15) is 0 Å². The van der Waals surface area contributed by atoms with Gasteiger partial charge in [0.2, 0.25) is 5.89 Å². The van der Waals surface area contributed by atoms with Gasteiger partial charge >= 0.3 is 0 Å². The first-order valence-corrected chi connectivity index (χ1v) is 12.9. The Morgan fingerprint density at radius 2 is 1.84 bits per heavy atom. The van der Waals surface area contributed by atoms with E-state index < -0.39 is 0 Å². The number of nitrogens with one attached hydrogen (secondary N) is 2. The quantitative estimate of drug-likeness (QED) is 0.254. The van der Waals surface area contributed by atoms with Gasteiger partial charge in [0, 0.05) is 11.3 Å². The lowest BCUT2D eigenvalue weighted by Crippen LogP contribution is -2.37. The molecule has 4 rings (SSSR count). The number of hydrogen-bond donors (Lipinski definition) is 2. The van der Waals surface area contributed by atoms with Crippen LogP contribution in [0.5, 0.6) is 5.75 Å². The van der Waals surface area contributed by atoms with Gasteiger partial charge in [0.1, 0.15) is 11.3 Å². The number of hydrogen-bond acceptors (Lipinski definition) is 5. The maximum absolute atomic E-state index is 12.3. The Hall–Kier alpha value is -3.71. The molecule has 1 amide bonds. The van der Waals surface area contributed by atoms with E-state index in [4.69, 9.17) is 21.4 Å². The standard InChI is InChI=1S/C30H33N3O3S/c1-6-19(2)20-10-15-26-25(17-20)32-28(36-26)21-8-7-9-23(16-21)31-29(37)33-27(34)18-35-24-13-11-22(12-14-24)30(3,4)5/h7-17,19H,6,18H2,1-5H3,(H2,31,33,34,37)/t19-/m1/s1. The van der Waals surface area contributed by atoms with Crippen LogP contribution in [0.1, 0.15) is 58.1 Å². The minimum Gasteiger partial charge on any atom is -0.484 e. The molecule has 0 unspecified atom stereocenters. The van der Waals surface area contributed by atoms with Crippen molar-refractivity contribution in [2.45, 2.75) is 52.4 Å². The van der Waals surface area contributed by atoms with E-state index in [0.717, 1.165) is 23.1 Å². The van der Waals surface area contributed by atoms with E-state index >= 15 is 0 Å². The number of carbonyl (C=O) groups is 1. The molecule has 1 atom stereocenters. The third kappa shape index (κ3) is 6.74. The van der Waals surface area contributed by atoms with Crippen molar-refractivity contribution in [1.29, 1.82) is 0 Å². The van der Waals surface area contributed by atoms with Crippen LogP contribution in [0.2, 0.25) is 0 Å². The molecule has 192 valence electrons. The molecule has 1 aromatic heterocycles. The molecule has 2 N–H and O–H groups in total. The Bertz CT molecular complexity index is 1400. The van der Waals surface area contributed by atoms with Gasteiger partial charge in [-0.1, -0.05) is 58.9 Å². The number of fused-ring (bicyclic) bond motifs is 1. The Labute approximate surface area is 223 Å². The zero-order valence-corrected chi connectivity index (χ0v) is 22.7. The average molecular weight is 516 g/mol. The van der Waals surface area contributed by atoms with Crippen molar-refractivity contribution in [2.75, 3.05) is 11.9 Å². The first kappa shape index (κ1) is 26.4. The van der Waals surface area contributed by atoms with Gasteiger partial charge < -0.3 is 14.5 Å². The minimum absolute atomic E-state index is 0.0579. The lowest BCUT2D eigenvalue weighted by molar-refractivity contribution is -0.121. The van der Waals surface area contributed by atoms with Crippen molar-refractivity contribution >= 4 is 40.0 Å². The molecule has 0 saturated carbocycles. The Morgan fingerprint density at radius 1 is 1.08 bits per heavy atom. The smallest absolute Gasteiger partial charge is 0.264 e. The highest BCUT2D eigenvalue weighted by atomic mass is 32.1. The molecule has 0 radical (unpaired) electrons. The predicted octanol–water partition coefficient (Wildman–Crippen LogP) is 7.20. The summed E-state index contributed by atoms with van der Waals surface area (Å²) < 4.78 is 11.6. The molecule has 0 aliphatic rings. The number of benzene rings is 3. The van der Waals surface area contributed by atoms with Gasteiger partial charge in [0.15, 0.2) is 17.3 Å². The molecule has 6 nitrogen and oxygen atoms in total. The summed E-state index contributed by atoms with van der Waals surface area (Å²) in [5.74, 6) is 1.28. The molecular formula is C30H33N3O3S. The average Bonchev–Trinajstić information content (AvgIpc) is 3.30. The number of oxazole rings is 1. The lowest BCUT2D eigenvalue weighted by atomic mass is 9.87. The van der Waals surface area contributed by atoms with E-state index in [0.29, 0.717) is 23.2 Å². The van der Waals surface area contributed by atoms with Crippen molar-refractivity contribution in [3.63, 3.8) is 0 Å². The number of amides is 1. The first-order chi connectivity index (χ1) is 17.6. The second-order valence-corrected chi connectivity index (χ2v) is 10.6. The highest BCUT2D eigenvalue weighted by molar-refractivity contribution is 7.80. The van der Waals surface area contributed by atoms with E-state index in [9.17, 15) is 4.79 Å². The second-order valence-electron chi connectivity index (χ2n) is 10.2. The topological polar surface area (TPSA) is 76.4 Å². The summed E-state index contributed by atoms with van der Waals surface area (Å²) in [6, 6.07) is 21.4. The number of ether oxygens (including phenoxy) is 1. The van der Waals surface area contributed by atoms with Crippen LogP contribution in [-0.2, 0) is 10.2 Å². The molecule has 0 bridgehead atoms. The van der Waals surface area contributed by atoms with Crippen molar-refractivity contribution in [3.05, 3.63) is 77.9 Å². The number of anilines is 1. The molecule has 4 aromatic rings. The van der Waals surface area contributed by atoms with E-state index in [2.05, 4.69) is 62.4 Å². The number of carbonyl (C=O) groups excluding carboxylic acids is 1. The number of thiocarbonyl (C=S) groups is 1. The summed E-state index contributed by atoms with van der Waals surface area (Å²) in [6.07, 6.45) is 1.07. The molecule has 3 aromatic carbocycles. The molecule has 0 saturated heterocycles. The number of nitrogens with zero attached hydrogens (tertiary/aromatic N) is 1. The van der Waals surface area contributed by atoms with Crippen LogP contribution in [0.25, 0.3) is 22.6 Å². The summed E-state index contributed by atoms with van der Waals surface area (Å²) in [4.78, 5) is 17.0. The van der Waals surface area contributed by atoms with E-state index in [1.54, 1.807) is 0 Å². The van der Waals surface area contributed by atoms with Crippen LogP contribution in [0.15, 0.2) is 71.1 Å². The van der Waals surface area contributed by atoms with Gasteiger partial charge in [-0.25, -0.2) is 4.98 Å². The maximum atomic E-state index is 12.3. The summed E-state index contributed by atoms with van der Waals surface area (Å²) >= 11 is 5.33. The molecule has 0 aliphatic carbocycles. The monoisotopic (exact) mass is 515 g/mol. The van der Waals surface area contributed by atoms with Crippen LogP contribution in [-0.4, -0.2) is 22.6 Å². The van der Waals surface area contributed by atoms with Crippen LogP contribution >= 0.6 is 12.2 Å². The fourth-order valence-corrected chi connectivity index (χ4v) is 4.10. The first-order valence-electron chi connectivity index (χ1n) is 12.5. The summed E-state index contributed by atoms with van der Waals surface area (Å²) in [5.41, 5.74) is 5.61. The fourth-order valence-electron chi connectivity index (χ4n) is 3.87. The molecule has 7 heteroatoms. The molecule has 0 spiro atoms. The van der Waals surface area contributed by atoms with Crippen LogP contribution in [0.3, 0.4) is 0 Å². The van der Waals surface area contributed by atoms with E-state index in [1.807, 2.05) is 54.6 Å². The van der Waals surface area contributed by atoms with Gasteiger partial charge in [-0.15, -0.1) is 0 Å². The van der Waals surface area contributed by atoms with Crippen LogP contribution in [0.4, 0.5) is 5.69 Å². The van der Waals surface area contributed by atoms with Crippen molar-refractivity contribution in [1.82, 2.24) is 10.3 Å². The molecular weight excluding hydrogens is 482 g/mol. The van der Waals surface area contributed by atoms with Gasteiger partial charge in [0.25, 0.3) is 5.91 Å². The Morgan fingerprint density at radius 3 is 2.54 bits per heavy atom. The fraction of sp³-hybridized carbons (Fsp3) is 0.300. The van der Waals surface area contributed by atoms with Crippen molar-refractivity contribution in [3.8, 4) is 17.2 Å². The zero-order chi connectivity index (χ0) is 26.6. The van der Waals surface area contributed by atoms with Gasteiger partial charge in [-0.05, 0) is 83.6 Å². The Kier molecular flexibility index (Phi) is 7.93. The predicted molar refractivity (Wildman–Crippen MR) is 153 cm³/mol. The molecule has 0 fully saturated rings. The molecule has 1 heterocycles. The number of aromatic nitrogens is 1. The maximum Gasteiger partial charge on any atom is 0.264 e. The number of rotatable bonds is 7. The summed E-state index contributed by atoms with van der Waals surface area (Å²) in [6.45, 7) is 10.7. The third-order valence-electron chi connectivity index (χ3n) is 6.30. The largest absolute Gasteiger partial charge is 0.484 e. The Balaban J connectivity index is 1.35. The molecule has 37 heavy (non-hydrogen) atoms. The third-order valence-corrected chi connectivity index (χ3v) is 6.51. The lowest BCUT2D eigenvalue weighted by Gasteiger charge is -2.19. The summed E-state index contributed by atoms with van der Waals surface area (Å²) in [5, 5.41) is 5.88. The van der Waals surface area contributed by atoms with Crippen LogP contribution in [0, 0.1) is 0 Å². The summed E-state index contributed by atoms with van der Waals surface area (Å²) in [7, 11) is 0. The highest BCUT2D eigenvalue weighted by Crippen LogP contribution is 2.29. The van der Waals surface area contributed by atoms with Crippen LogP contribution < -0.4 is 15.4 Å². The SMILES string of the molecule is CC[C@@H](C)c1ccc2oc(-c3cccc(NC(=S)NC(=O)COc4ccc(C(C)(C)C)cc4)c3)nc2c1. The van der Waals surface area contributed by atoms with E-state index in [1.165, 1.54) is 11.1 Å². The van der Waals surface area contributed by atoms with Crippen molar-refractivity contribution in [2.24, 2.45) is 0 Å². The highest BCUT2D eigenvalue weighted by Gasteiger charge is 2.14. The molecule has 0 aliphatic heterocycles. The van der Waals surface area contributed by atoms with Crippen molar-refractivity contribution < 1.29 is 13.9 Å². The normalized spacial score (nSPS) is 12.2.